The van der Waals surface area contributed by atoms with Gasteiger partial charge >= 0.3 is 0 Å². The Balaban J connectivity index is 2.10. The van der Waals surface area contributed by atoms with Gasteiger partial charge in [0.25, 0.3) is 5.91 Å². The Kier molecular flexibility index (Phi) is 6.76. The molecule has 2 aromatic rings. The Morgan fingerprint density at radius 2 is 1.54 bits per heavy atom. The molecule has 0 bridgehead atoms. The first-order chi connectivity index (χ1) is 12.5. The van der Waals surface area contributed by atoms with Crippen LogP contribution >= 0.6 is 0 Å². The number of aliphatic hydroxyl groups excluding tert-OH is 2. The van der Waals surface area contributed by atoms with Crippen LogP contribution in [0.4, 0.5) is 10.1 Å². The summed E-state index contributed by atoms with van der Waals surface area (Å²) in [7, 11) is 2.98. The number of carbonyl (C=O) groups excluding carboxylic acids is 1. The number of nitrogens with one attached hydrogen (secondary N) is 1. The molecule has 0 atom stereocenters. The average molecular weight is 365 g/mol. The van der Waals surface area contributed by atoms with Crippen LogP contribution in [0.1, 0.15) is 11.1 Å². The second-order valence-corrected chi connectivity index (χ2v) is 5.31. The van der Waals surface area contributed by atoms with E-state index in [1.807, 2.05) is 0 Å². The normalized spacial score (nSPS) is 10.3. The van der Waals surface area contributed by atoms with Crippen molar-refractivity contribution in [2.45, 2.75) is 13.2 Å². The molecular weight excluding hydrogens is 345 g/mol. The van der Waals surface area contributed by atoms with Gasteiger partial charge in [-0.15, -0.1) is 0 Å². The first kappa shape index (κ1) is 19.5. The van der Waals surface area contributed by atoms with E-state index < -0.39 is 31.5 Å². The van der Waals surface area contributed by atoms with Gasteiger partial charge in [-0.3, -0.25) is 4.79 Å². The molecule has 0 fully saturated rings. The van der Waals surface area contributed by atoms with Crippen molar-refractivity contribution in [3.8, 4) is 17.2 Å². The molecule has 0 aliphatic rings. The van der Waals surface area contributed by atoms with Crippen LogP contribution in [0.15, 0.2) is 30.3 Å². The minimum Gasteiger partial charge on any atom is -0.497 e. The van der Waals surface area contributed by atoms with E-state index in [1.54, 1.807) is 18.2 Å². The lowest BCUT2D eigenvalue weighted by molar-refractivity contribution is -0.118. The van der Waals surface area contributed by atoms with Crippen LogP contribution in [0, 0.1) is 5.82 Å². The number of aliphatic hydroxyl groups is 2. The number of carbonyl (C=O) groups is 1. The summed E-state index contributed by atoms with van der Waals surface area (Å²) in [5, 5.41) is 21.3. The van der Waals surface area contributed by atoms with Gasteiger partial charge in [-0.2, -0.15) is 0 Å². The zero-order valence-corrected chi connectivity index (χ0v) is 14.4. The van der Waals surface area contributed by atoms with Crippen LogP contribution in [0.2, 0.25) is 0 Å². The number of benzene rings is 2. The van der Waals surface area contributed by atoms with Crippen molar-refractivity contribution in [2.24, 2.45) is 0 Å². The Bertz CT molecular complexity index is 733. The third-order valence-electron chi connectivity index (χ3n) is 3.53. The third-order valence-corrected chi connectivity index (χ3v) is 3.53. The Labute approximate surface area is 149 Å². The number of methoxy groups -OCH3 is 2. The summed E-state index contributed by atoms with van der Waals surface area (Å²) in [6, 6.07) is 7.04. The van der Waals surface area contributed by atoms with Crippen LogP contribution in [-0.2, 0) is 18.0 Å². The highest BCUT2D eigenvalue weighted by Gasteiger charge is 2.14. The minimum atomic E-state index is -0.613. The Morgan fingerprint density at radius 1 is 1.00 bits per heavy atom. The maximum Gasteiger partial charge on any atom is 0.262 e. The molecule has 0 radical (unpaired) electrons. The van der Waals surface area contributed by atoms with Crippen molar-refractivity contribution in [1.82, 2.24) is 0 Å². The molecule has 2 aromatic carbocycles. The second kappa shape index (κ2) is 9.02. The van der Waals surface area contributed by atoms with E-state index in [2.05, 4.69) is 5.32 Å². The van der Waals surface area contributed by atoms with Crippen LogP contribution in [-0.4, -0.2) is 36.9 Å². The predicted octanol–water partition coefficient (Wildman–Crippen LogP) is 1.84. The first-order valence-corrected chi connectivity index (χ1v) is 7.69. The van der Waals surface area contributed by atoms with E-state index in [1.165, 1.54) is 14.2 Å². The SMILES string of the molecule is COc1cc(NC(=O)COc2c(CO)cc(F)cc2CO)cc(OC)c1. The summed E-state index contributed by atoms with van der Waals surface area (Å²) in [5.41, 5.74) is 0.730. The fourth-order valence-electron chi connectivity index (χ4n) is 2.35. The molecule has 3 N–H and O–H groups in total. The van der Waals surface area contributed by atoms with Crippen molar-refractivity contribution in [2.75, 3.05) is 26.1 Å². The molecule has 0 saturated carbocycles. The summed E-state index contributed by atoms with van der Waals surface area (Å²) in [5.74, 6) is -0.0148. The Morgan fingerprint density at radius 3 is 2.00 bits per heavy atom. The van der Waals surface area contributed by atoms with Crippen molar-refractivity contribution < 1.29 is 33.6 Å². The summed E-state index contributed by atoms with van der Waals surface area (Å²) in [4.78, 5) is 12.1. The van der Waals surface area contributed by atoms with Crippen molar-refractivity contribution >= 4 is 11.6 Å². The lowest BCUT2D eigenvalue weighted by Crippen LogP contribution is -2.21. The maximum absolute atomic E-state index is 13.4. The van der Waals surface area contributed by atoms with Crippen LogP contribution < -0.4 is 19.5 Å². The fraction of sp³-hybridized carbons (Fsp3) is 0.278. The molecule has 0 spiro atoms. The smallest absolute Gasteiger partial charge is 0.262 e. The quantitative estimate of drug-likeness (QED) is 0.661. The number of hydrogen-bond donors (Lipinski definition) is 3. The van der Waals surface area contributed by atoms with Gasteiger partial charge < -0.3 is 29.7 Å². The summed E-state index contributed by atoms with van der Waals surface area (Å²) in [6.45, 7) is -1.38. The molecule has 140 valence electrons. The molecule has 0 aliphatic carbocycles. The zero-order valence-electron chi connectivity index (χ0n) is 14.4. The predicted molar refractivity (Wildman–Crippen MR) is 91.9 cm³/mol. The lowest BCUT2D eigenvalue weighted by Gasteiger charge is -2.15. The summed E-state index contributed by atoms with van der Waals surface area (Å²) < 4.78 is 29.1. The van der Waals surface area contributed by atoms with Crippen LogP contribution in [0.5, 0.6) is 17.2 Å². The first-order valence-electron chi connectivity index (χ1n) is 7.69. The van der Waals surface area contributed by atoms with Gasteiger partial charge in [0.05, 0.1) is 27.4 Å². The van der Waals surface area contributed by atoms with Gasteiger partial charge in [-0.1, -0.05) is 0 Å². The van der Waals surface area contributed by atoms with E-state index in [-0.39, 0.29) is 16.9 Å². The van der Waals surface area contributed by atoms with E-state index in [0.717, 1.165) is 12.1 Å². The lowest BCUT2D eigenvalue weighted by atomic mass is 10.1. The number of rotatable bonds is 8. The van der Waals surface area contributed by atoms with Gasteiger partial charge in [0, 0.05) is 35.0 Å². The van der Waals surface area contributed by atoms with Crippen molar-refractivity contribution in [3.63, 3.8) is 0 Å². The molecule has 7 nitrogen and oxygen atoms in total. The summed E-state index contributed by atoms with van der Waals surface area (Å²) in [6.07, 6.45) is 0. The topological polar surface area (TPSA) is 97.3 Å². The molecule has 0 heterocycles. The molecule has 8 heteroatoms. The molecule has 0 aromatic heterocycles. The van der Waals surface area contributed by atoms with Gasteiger partial charge in [0.1, 0.15) is 23.1 Å². The fourth-order valence-corrected chi connectivity index (χ4v) is 2.35. The third kappa shape index (κ3) is 4.84. The van der Waals surface area contributed by atoms with E-state index in [0.29, 0.717) is 17.2 Å². The zero-order chi connectivity index (χ0) is 19.1. The number of hydrogen-bond acceptors (Lipinski definition) is 6. The number of amides is 1. The van der Waals surface area contributed by atoms with Crippen molar-refractivity contribution in [1.29, 1.82) is 0 Å². The number of ether oxygens (including phenoxy) is 3. The standard InChI is InChI=1S/C18H20FNO6/c1-24-15-5-14(6-16(7-15)25-2)20-17(23)10-26-18-11(8-21)3-13(19)4-12(18)9-22/h3-7,21-22H,8-10H2,1-2H3,(H,20,23). The second-order valence-electron chi connectivity index (χ2n) is 5.31. The van der Waals surface area contributed by atoms with Gasteiger partial charge in [-0.25, -0.2) is 4.39 Å². The number of halogens is 1. The highest BCUT2D eigenvalue weighted by Crippen LogP contribution is 2.27. The van der Waals surface area contributed by atoms with E-state index >= 15 is 0 Å². The monoisotopic (exact) mass is 365 g/mol. The van der Waals surface area contributed by atoms with E-state index in [9.17, 15) is 19.4 Å². The highest BCUT2D eigenvalue weighted by atomic mass is 19.1. The molecule has 2 rings (SSSR count). The summed E-state index contributed by atoms with van der Waals surface area (Å²) >= 11 is 0. The van der Waals surface area contributed by atoms with Gasteiger partial charge in [-0.05, 0) is 12.1 Å². The van der Waals surface area contributed by atoms with E-state index in [4.69, 9.17) is 14.2 Å². The Hall–Kier alpha value is -2.84. The number of anilines is 1. The minimum absolute atomic E-state index is 0.0785. The molecule has 26 heavy (non-hydrogen) atoms. The average Bonchev–Trinajstić information content (AvgIpc) is 2.65. The molecule has 0 saturated heterocycles. The van der Waals surface area contributed by atoms with Crippen molar-refractivity contribution in [3.05, 3.63) is 47.3 Å². The molecule has 1 amide bonds. The molecule has 0 unspecified atom stereocenters. The molecule has 0 aliphatic heterocycles. The highest BCUT2D eigenvalue weighted by molar-refractivity contribution is 5.92. The van der Waals surface area contributed by atoms with Crippen LogP contribution in [0.25, 0.3) is 0 Å². The molecular formula is C18H20FNO6. The van der Waals surface area contributed by atoms with Gasteiger partial charge in [0.2, 0.25) is 0 Å². The largest absolute Gasteiger partial charge is 0.497 e. The maximum atomic E-state index is 13.4. The van der Waals surface area contributed by atoms with Gasteiger partial charge in [0.15, 0.2) is 6.61 Å². The van der Waals surface area contributed by atoms with Crippen LogP contribution in [0.3, 0.4) is 0 Å².